The molecule has 3 rings (SSSR count). The molecule has 3 aliphatic rings. The highest BCUT2D eigenvalue weighted by molar-refractivity contribution is 4.92. The number of hydrogen-bond acceptors (Lipinski definition) is 2. The Morgan fingerprint density at radius 1 is 1.05 bits per heavy atom. The fraction of sp³-hybridized carbons (Fsp3) is 1.00. The summed E-state index contributed by atoms with van der Waals surface area (Å²) in [6, 6.07) is 0.812. The molecule has 0 amide bonds. The molecule has 0 unspecified atom stereocenters. The van der Waals surface area contributed by atoms with E-state index in [-0.39, 0.29) is 5.60 Å². The summed E-state index contributed by atoms with van der Waals surface area (Å²) < 4.78 is 6.44. The van der Waals surface area contributed by atoms with Crippen LogP contribution in [0.2, 0.25) is 0 Å². The molecule has 2 nitrogen and oxygen atoms in total. The Labute approximate surface area is 118 Å². The van der Waals surface area contributed by atoms with Gasteiger partial charge in [0.25, 0.3) is 0 Å². The normalized spacial score (nSPS) is 36.2. The molecule has 0 aliphatic heterocycles. The summed E-state index contributed by atoms with van der Waals surface area (Å²) in [5, 5.41) is 3.72. The first kappa shape index (κ1) is 13.9. The quantitative estimate of drug-likeness (QED) is 0.754. The second-order valence-electron chi connectivity index (χ2n) is 7.45. The van der Waals surface area contributed by atoms with Gasteiger partial charge in [0.15, 0.2) is 0 Å². The fourth-order valence-corrected chi connectivity index (χ4v) is 3.50. The van der Waals surface area contributed by atoms with E-state index in [1.54, 1.807) is 0 Å². The van der Waals surface area contributed by atoms with E-state index < -0.39 is 0 Å². The minimum atomic E-state index is 0.179. The Hall–Kier alpha value is -0.0800. The minimum absolute atomic E-state index is 0.179. The number of ether oxygens (including phenoxy) is 1. The maximum Gasteiger partial charge on any atom is 0.0806 e. The third kappa shape index (κ3) is 3.95. The molecular formula is C17H31NO. The van der Waals surface area contributed by atoms with Gasteiger partial charge in [-0.25, -0.2) is 0 Å². The Morgan fingerprint density at radius 2 is 1.79 bits per heavy atom. The van der Waals surface area contributed by atoms with E-state index in [9.17, 15) is 0 Å². The van der Waals surface area contributed by atoms with Crippen LogP contribution in [0.15, 0.2) is 0 Å². The molecule has 1 N–H and O–H groups in total. The molecular weight excluding hydrogens is 234 g/mol. The Balaban J connectivity index is 1.45. The first-order valence-corrected chi connectivity index (χ1v) is 8.63. The lowest BCUT2D eigenvalue weighted by molar-refractivity contribution is -0.0811. The van der Waals surface area contributed by atoms with Gasteiger partial charge in [0.2, 0.25) is 0 Å². The SMILES string of the molecule is CC1CCC(CNC2CC2)(OCCC2CCC2)CC1. The van der Waals surface area contributed by atoms with Crippen LogP contribution in [0.5, 0.6) is 0 Å². The molecule has 0 bridgehead atoms. The van der Waals surface area contributed by atoms with Gasteiger partial charge in [-0.2, -0.15) is 0 Å². The molecule has 0 radical (unpaired) electrons. The maximum absolute atomic E-state index is 6.44. The van der Waals surface area contributed by atoms with E-state index in [1.165, 1.54) is 64.2 Å². The largest absolute Gasteiger partial charge is 0.374 e. The molecule has 0 aromatic heterocycles. The van der Waals surface area contributed by atoms with Gasteiger partial charge in [-0.05, 0) is 56.8 Å². The molecule has 3 saturated carbocycles. The molecule has 0 spiro atoms. The van der Waals surface area contributed by atoms with E-state index >= 15 is 0 Å². The van der Waals surface area contributed by atoms with E-state index in [1.807, 2.05) is 0 Å². The van der Waals surface area contributed by atoms with Gasteiger partial charge in [-0.15, -0.1) is 0 Å². The summed E-state index contributed by atoms with van der Waals surface area (Å²) in [5.41, 5.74) is 0.179. The average Bonchev–Trinajstić information content (AvgIpc) is 3.17. The first-order valence-electron chi connectivity index (χ1n) is 8.63. The van der Waals surface area contributed by atoms with Crippen LogP contribution in [0.1, 0.15) is 71.1 Å². The van der Waals surface area contributed by atoms with E-state index in [2.05, 4.69) is 12.2 Å². The molecule has 3 fully saturated rings. The molecule has 0 aromatic carbocycles. The van der Waals surface area contributed by atoms with Crippen molar-refractivity contribution in [2.75, 3.05) is 13.2 Å². The van der Waals surface area contributed by atoms with Gasteiger partial charge in [0.1, 0.15) is 0 Å². The average molecular weight is 265 g/mol. The first-order chi connectivity index (χ1) is 9.26. The van der Waals surface area contributed by atoms with Crippen molar-refractivity contribution in [1.29, 1.82) is 0 Å². The van der Waals surface area contributed by atoms with Gasteiger partial charge >= 0.3 is 0 Å². The zero-order chi connectivity index (χ0) is 13.1. The van der Waals surface area contributed by atoms with Crippen LogP contribution in [0, 0.1) is 11.8 Å². The maximum atomic E-state index is 6.44. The van der Waals surface area contributed by atoms with Crippen LogP contribution in [-0.4, -0.2) is 24.8 Å². The summed E-state index contributed by atoms with van der Waals surface area (Å²) in [6.07, 6.45) is 13.7. The predicted molar refractivity (Wildman–Crippen MR) is 79.3 cm³/mol. The Kier molecular flexibility index (Phi) is 4.48. The van der Waals surface area contributed by atoms with Gasteiger partial charge in [0, 0.05) is 19.2 Å². The fourth-order valence-electron chi connectivity index (χ4n) is 3.50. The van der Waals surface area contributed by atoms with Gasteiger partial charge in [0.05, 0.1) is 5.60 Å². The lowest BCUT2D eigenvalue weighted by Gasteiger charge is -2.40. The zero-order valence-electron chi connectivity index (χ0n) is 12.6. The molecule has 0 heterocycles. The molecule has 0 atom stereocenters. The van der Waals surface area contributed by atoms with Crippen molar-refractivity contribution in [3.05, 3.63) is 0 Å². The van der Waals surface area contributed by atoms with E-state index in [0.717, 1.165) is 31.0 Å². The highest BCUT2D eigenvalue weighted by Crippen LogP contribution is 2.36. The highest BCUT2D eigenvalue weighted by atomic mass is 16.5. The Bertz CT molecular complexity index is 275. The smallest absolute Gasteiger partial charge is 0.0806 e. The van der Waals surface area contributed by atoms with E-state index in [0.29, 0.717) is 0 Å². The molecule has 110 valence electrons. The second kappa shape index (κ2) is 6.13. The van der Waals surface area contributed by atoms with Crippen LogP contribution >= 0.6 is 0 Å². The van der Waals surface area contributed by atoms with Crippen LogP contribution < -0.4 is 5.32 Å². The molecule has 2 heteroatoms. The van der Waals surface area contributed by atoms with Crippen molar-refractivity contribution >= 4 is 0 Å². The minimum Gasteiger partial charge on any atom is -0.374 e. The molecule has 3 aliphatic carbocycles. The Morgan fingerprint density at radius 3 is 2.37 bits per heavy atom. The standard InChI is InChI=1S/C17H31NO/c1-14-7-10-17(11-8-14,13-18-16-5-6-16)19-12-9-15-3-2-4-15/h14-16,18H,2-13H2,1H3. The van der Waals surface area contributed by atoms with Crippen LogP contribution in [-0.2, 0) is 4.74 Å². The van der Waals surface area contributed by atoms with Crippen molar-refractivity contribution in [2.24, 2.45) is 11.8 Å². The number of hydrogen-bond donors (Lipinski definition) is 1. The van der Waals surface area contributed by atoms with Crippen molar-refractivity contribution in [2.45, 2.75) is 82.8 Å². The summed E-state index contributed by atoms with van der Waals surface area (Å²) >= 11 is 0. The molecule has 19 heavy (non-hydrogen) atoms. The highest BCUT2D eigenvalue weighted by Gasteiger charge is 2.36. The summed E-state index contributed by atoms with van der Waals surface area (Å²) in [6.45, 7) is 4.51. The van der Waals surface area contributed by atoms with Crippen molar-refractivity contribution < 1.29 is 4.74 Å². The monoisotopic (exact) mass is 265 g/mol. The number of nitrogens with one attached hydrogen (secondary N) is 1. The van der Waals surface area contributed by atoms with E-state index in [4.69, 9.17) is 4.74 Å². The lowest BCUT2D eigenvalue weighted by Crippen LogP contribution is -2.46. The topological polar surface area (TPSA) is 21.3 Å². The van der Waals surface area contributed by atoms with Crippen LogP contribution in [0.4, 0.5) is 0 Å². The molecule has 0 saturated heterocycles. The van der Waals surface area contributed by atoms with Crippen LogP contribution in [0.25, 0.3) is 0 Å². The predicted octanol–water partition coefficient (Wildman–Crippen LogP) is 3.89. The summed E-state index contributed by atoms with van der Waals surface area (Å²) in [7, 11) is 0. The van der Waals surface area contributed by atoms with Crippen LogP contribution in [0.3, 0.4) is 0 Å². The lowest BCUT2D eigenvalue weighted by atomic mass is 9.79. The van der Waals surface area contributed by atoms with Gasteiger partial charge in [-0.3, -0.25) is 0 Å². The van der Waals surface area contributed by atoms with Crippen molar-refractivity contribution in [3.8, 4) is 0 Å². The third-order valence-electron chi connectivity index (χ3n) is 5.63. The third-order valence-corrected chi connectivity index (χ3v) is 5.63. The summed E-state index contributed by atoms with van der Waals surface area (Å²) in [4.78, 5) is 0. The summed E-state index contributed by atoms with van der Waals surface area (Å²) in [5.74, 6) is 1.89. The second-order valence-corrected chi connectivity index (χ2v) is 7.45. The van der Waals surface area contributed by atoms with Gasteiger partial charge < -0.3 is 10.1 Å². The number of rotatable bonds is 7. The van der Waals surface area contributed by atoms with Crippen molar-refractivity contribution in [3.63, 3.8) is 0 Å². The van der Waals surface area contributed by atoms with Crippen molar-refractivity contribution in [1.82, 2.24) is 5.32 Å². The zero-order valence-corrected chi connectivity index (χ0v) is 12.6. The molecule has 0 aromatic rings. The van der Waals surface area contributed by atoms with Gasteiger partial charge in [-0.1, -0.05) is 26.2 Å².